The molecule has 0 atom stereocenters. The third-order valence-corrected chi connectivity index (χ3v) is 5.48. The highest BCUT2D eigenvalue weighted by Crippen LogP contribution is 2.28. The van der Waals surface area contributed by atoms with Crippen molar-refractivity contribution < 1.29 is 18.8 Å². The van der Waals surface area contributed by atoms with E-state index in [-0.39, 0.29) is 11.8 Å². The van der Waals surface area contributed by atoms with Crippen LogP contribution in [0.1, 0.15) is 36.8 Å². The molecule has 2 aromatic heterocycles. The maximum Gasteiger partial charge on any atom is 0.278 e. The molecule has 2 aliphatic heterocycles. The molecule has 0 N–H and O–H groups in total. The standard InChI is InChI=1S/C19H27N5O4/c1-3-24-15-7-11-27-12-14(15)17(21-24)18-20-16(22-28-18)4-8-23(2)19(25)13-5-9-26-10-6-13/h13H,3-12H2,1-2H3. The minimum atomic E-state index is 0.0594. The number of carbonyl (C=O) groups excluding carboxylic acids is 1. The summed E-state index contributed by atoms with van der Waals surface area (Å²) < 4.78 is 18.4. The molecule has 1 amide bonds. The van der Waals surface area contributed by atoms with E-state index in [2.05, 4.69) is 22.2 Å². The van der Waals surface area contributed by atoms with Gasteiger partial charge in [-0.2, -0.15) is 10.1 Å². The minimum absolute atomic E-state index is 0.0594. The number of likely N-dealkylation sites (N-methyl/N-ethyl adjacent to an activating group) is 1. The Kier molecular flexibility index (Phi) is 5.72. The highest BCUT2D eigenvalue weighted by atomic mass is 16.5. The average Bonchev–Trinajstić information content (AvgIpc) is 3.36. The number of hydrogen-bond acceptors (Lipinski definition) is 7. The van der Waals surface area contributed by atoms with Crippen LogP contribution in [0.25, 0.3) is 11.6 Å². The zero-order valence-corrected chi connectivity index (χ0v) is 16.5. The molecule has 0 bridgehead atoms. The minimum Gasteiger partial charge on any atom is -0.381 e. The summed E-state index contributed by atoms with van der Waals surface area (Å²) in [6.07, 6.45) is 2.98. The van der Waals surface area contributed by atoms with Crippen molar-refractivity contribution in [3.63, 3.8) is 0 Å². The molecular weight excluding hydrogens is 362 g/mol. The van der Waals surface area contributed by atoms with Crippen molar-refractivity contribution >= 4 is 5.91 Å². The van der Waals surface area contributed by atoms with Crippen LogP contribution < -0.4 is 0 Å². The number of amides is 1. The normalized spacial score (nSPS) is 17.5. The van der Waals surface area contributed by atoms with E-state index < -0.39 is 0 Å². The molecule has 0 spiro atoms. The topological polar surface area (TPSA) is 95.5 Å². The Morgan fingerprint density at radius 1 is 1.25 bits per heavy atom. The zero-order chi connectivity index (χ0) is 19.5. The summed E-state index contributed by atoms with van der Waals surface area (Å²) in [6, 6.07) is 0. The maximum absolute atomic E-state index is 12.5. The molecule has 1 saturated heterocycles. The van der Waals surface area contributed by atoms with Crippen molar-refractivity contribution in [3.8, 4) is 11.6 Å². The van der Waals surface area contributed by atoms with Gasteiger partial charge in [0.15, 0.2) is 11.5 Å². The van der Waals surface area contributed by atoms with E-state index in [0.717, 1.165) is 31.4 Å². The van der Waals surface area contributed by atoms with E-state index in [1.54, 1.807) is 4.90 Å². The molecular formula is C19H27N5O4. The first-order valence-corrected chi connectivity index (χ1v) is 9.99. The van der Waals surface area contributed by atoms with Gasteiger partial charge in [0, 0.05) is 63.4 Å². The Labute approximate surface area is 164 Å². The molecule has 28 heavy (non-hydrogen) atoms. The number of nitrogens with zero attached hydrogens (tertiary/aromatic N) is 5. The molecule has 0 radical (unpaired) electrons. The monoisotopic (exact) mass is 389 g/mol. The Balaban J connectivity index is 1.41. The van der Waals surface area contributed by atoms with E-state index in [1.165, 1.54) is 5.69 Å². The highest BCUT2D eigenvalue weighted by Gasteiger charge is 2.26. The molecule has 0 aromatic carbocycles. The summed E-state index contributed by atoms with van der Waals surface area (Å²) in [6.45, 7) is 5.97. The Morgan fingerprint density at radius 3 is 2.86 bits per heavy atom. The molecule has 4 heterocycles. The molecule has 1 fully saturated rings. The van der Waals surface area contributed by atoms with Gasteiger partial charge < -0.3 is 18.9 Å². The van der Waals surface area contributed by atoms with Crippen LogP contribution in [0.2, 0.25) is 0 Å². The quantitative estimate of drug-likeness (QED) is 0.738. The van der Waals surface area contributed by atoms with Crippen molar-refractivity contribution in [2.24, 2.45) is 5.92 Å². The number of hydrogen-bond donors (Lipinski definition) is 0. The van der Waals surface area contributed by atoms with Crippen LogP contribution in [0.4, 0.5) is 0 Å². The first-order chi connectivity index (χ1) is 13.7. The van der Waals surface area contributed by atoms with Gasteiger partial charge in [-0.15, -0.1) is 0 Å². The van der Waals surface area contributed by atoms with Crippen molar-refractivity contribution in [1.82, 2.24) is 24.8 Å². The van der Waals surface area contributed by atoms with Crippen LogP contribution in [-0.2, 0) is 40.3 Å². The summed E-state index contributed by atoms with van der Waals surface area (Å²) in [5.74, 6) is 1.23. The molecule has 4 rings (SSSR count). The predicted molar refractivity (Wildman–Crippen MR) is 99.4 cm³/mol. The van der Waals surface area contributed by atoms with Crippen LogP contribution in [0.3, 0.4) is 0 Å². The van der Waals surface area contributed by atoms with Crippen molar-refractivity contribution in [1.29, 1.82) is 0 Å². The number of carbonyl (C=O) groups is 1. The second-order valence-corrected chi connectivity index (χ2v) is 7.30. The molecule has 0 unspecified atom stereocenters. The second-order valence-electron chi connectivity index (χ2n) is 7.30. The van der Waals surface area contributed by atoms with Gasteiger partial charge in [-0.1, -0.05) is 5.16 Å². The van der Waals surface area contributed by atoms with Gasteiger partial charge in [0.2, 0.25) is 5.91 Å². The summed E-state index contributed by atoms with van der Waals surface area (Å²) in [4.78, 5) is 18.8. The number of aromatic nitrogens is 4. The Bertz CT molecular complexity index is 824. The average molecular weight is 389 g/mol. The number of aryl methyl sites for hydroxylation is 1. The van der Waals surface area contributed by atoms with Crippen LogP contribution in [0, 0.1) is 5.92 Å². The van der Waals surface area contributed by atoms with Gasteiger partial charge in [-0.3, -0.25) is 9.48 Å². The summed E-state index contributed by atoms with van der Waals surface area (Å²) in [5.41, 5.74) is 2.93. The van der Waals surface area contributed by atoms with Crippen LogP contribution in [-0.4, -0.2) is 64.1 Å². The molecule has 2 aliphatic rings. The smallest absolute Gasteiger partial charge is 0.278 e. The molecule has 9 heteroatoms. The fraction of sp³-hybridized carbons (Fsp3) is 0.684. The van der Waals surface area contributed by atoms with Crippen molar-refractivity contribution in [2.75, 3.05) is 33.4 Å². The lowest BCUT2D eigenvalue weighted by Gasteiger charge is -2.26. The molecule has 2 aromatic rings. The first-order valence-electron chi connectivity index (χ1n) is 9.99. The number of ether oxygens (including phenoxy) is 2. The molecule has 9 nitrogen and oxygen atoms in total. The van der Waals surface area contributed by atoms with E-state index in [4.69, 9.17) is 14.0 Å². The van der Waals surface area contributed by atoms with Gasteiger partial charge >= 0.3 is 0 Å². The SMILES string of the molecule is CCn1nc(-c2nc(CCN(C)C(=O)C3CCOCC3)no2)c2c1CCOC2. The van der Waals surface area contributed by atoms with Gasteiger partial charge in [-0.05, 0) is 19.8 Å². The fourth-order valence-corrected chi connectivity index (χ4v) is 3.83. The summed E-state index contributed by atoms with van der Waals surface area (Å²) in [5, 5.41) is 8.73. The largest absolute Gasteiger partial charge is 0.381 e. The van der Waals surface area contributed by atoms with Gasteiger partial charge in [0.1, 0.15) is 0 Å². The number of rotatable bonds is 6. The van der Waals surface area contributed by atoms with E-state index in [1.807, 2.05) is 11.7 Å². The zero-order valence-electron chi connectivity index (χ0n) is 16.5. The van der Waals surface area contributed by atoms with Gasteiger partial charge in [0.25, 0.3) is 5.89 Å². The fourth-order valence-electron chi connectivity index (χ4n) is 3.83. The van der Waals surface area contributed by atoms with Crippen molar-refractivity contribution in [2.45, 2.75) is 45.8 Å². The van der Waals surface area contributed by atoms with E-state index in [0.29, 0.717) is 56.8 Å². The van der Waals surface area contributed by atoms with E-state index in [9.17, 15) is 4.79 Å². The van der Waals surface area contributed by atoms with Gasteiger partial charge in [-0.25, -0.2) is 0 Å². The molecule has 0 saturated carbocycles. The third-order valence-electron chi connectivity index (χ3n) is 5.48. The lowest BCUT2D eigenvalue weighted by Crippen LogP contribution is -2.37. The number of fused-ring (bicyclic) bond motifs is 1. The third kappa shape index (κ3) is 3.81. The van der Waals surface area contributed by atoms with Crippen LogP contribution >= 0.6 is 0 Å². The Hall–Kier alpha value is -2.26. The highest BCUT2D eigenvalue weighted by molar-refractivity contribution is 5.78. The van der Waals surface area contributed by atoms with E-state index >= 15 is 0 Å². The molecule has 152 valence electrons. The Morgan fingerprint density at radius 2 is 2.07 bits per heavy atom. The second kappa shape index (κ2) is 8.40. The maximum atomic E-state index is 12.5. The summed E-state index contributed by atoms with van der Waals surface area (Å²) in [7, 11) is 1.83. The van der Waals surface area contributed by atoms with Crippen molar-refractivity contribution in [3.05, 3.63) is 17.1 Å². The predicted octanol–water partition coefficient (Wildman–Crippen LogP) is 1.45. The lowest BCUT2D eigenvalue weighted by atomic mass is 9.99. The summed E-state index contributed by atoms with van der Waals surface area (Å²) >= 11 is 0. The first kappa shape index (κ1) is 19.1. The van der Waals surface area contributed by atoms with Gasteiger partial charge in [0.05, 0.1) is 13.2 Å². The van der Waals surface area contributed by atoms with Crippen LogP contribution in [0.5, 0.6) is 0 Å². The lowest BCUT2D eigenvalue weighted by molar-refractivity contribution is -0.137. The molecule has 0 aliphatic carbocycles. The van der Waals surface area contributed by atoms with Crippen LogP contribution in [0.15, 0.2) is 4.52 Å².